The van der Waals surface area contributed by atoms with Gasteiger partial charge in [-0.05, 0) is 73.5 Å². The molecule has 1 fully saturated rings. The second kappa shape index (κ2) is 9.22. The first-order valence-electron chi connectivity index (χ1n) is 10.3. The largest absolute Gasteiger partial charge is 0.496 e. The number of hydrogen-bond donors (Lipinski definition) is 2. The lowest BCUT2D eigenvalue weighted by atomic mass is 9.91. The Kier molecular flexibility index (Phi) is 6.38. The summed E-state index contributed by atoms with van der Waals surface area (Å²) in [5.74, 6) is 0.893. The van der Waals surface area contributed by atoms with Crippen LogP contribution in [0.3, 0.4) is 0 Å². The molecule has 1 aliphatic rings. The maximum atomic E-state index is 12.8. The van der Waals surface area contributed by atoms with Gasteiger partial charge in [0.1, 0.15) is 11.4 Å². The molecule has 32 heavy (non-hydrogen) atoms. The van der Waals surface area contributed by atoms with Gasteiger partial charge in [0.25, 0.3) is 5.91 Å². The predicted octanol–water partition coefficient (Wildman–Crippen LogP) is 3.40. The fourth-order valence-corrected chi connectivity index (χ4v) is 4.31. The van der Waals surface area contributed by atoms with Crippen molar-refractivity contribution in [2.24, 2.45) is 5.92 Å². The Labute approximate surface area is 191 Å². The molecule has 2 aromatic heterocycles. The minimum absolute atomic E-state index is 0.235. The number of carbonyl (C=O) groups excluding carboxylic acids is 1. The maximum absolute atomic E-state index is 12.8. The summed E-state index contributed by atoms with van der Waals surface area (Å²) in [6, 6.07) is 10.8. The SMILES string of the molecule is COc1ccc(C(C)(O)C2CC2)cc1SNC(=O)c1ccc(Cn2cccn2)c(OC)n1. The molecular weight excluding hydrogens is 428 g/mol. The topological polar surface area (TPSA) is 98.5 Å². The highest BCUT2D eigenvalue weighted by Crippen LogP contribution is 2.46. The Hall–Kier alpha value is -3.04. The van der Waals surface area contributed by atoms with E-state index in [0.29, 0.717) is 23.1 Å². The van der Waals surface area contributed by atoms with Gasteiger partial charge in [-0.25, -0.2) is 4.98 Å². The molecular formula is C23H26N4O4S. The Morgan fingerprint density at radius 1 is 1.28 bits per heavy atom. The van der Waals surface area contributed by atoms with Crippen molar-refractivity contribution in [1.29, 1.82) is 0 Å². The minimum atomic E-state index is -0.898. The number of ether oxygens (including phenoxy) is 2. The number of carbonyl (C=O) groups is 1. The van der Waals surface area contributed by atoms with E-state index in [0.717, 1.165) is 35.9 Å². The lowest BCUT2D eigenvalue weighted by Gasteiger charge is -2.24. The molecule has 0 spiro atoms. The first kappa shape index (κ1) is 22.2. The van der Waals surface area contributed by atoms with E-state index in [2.05, 4.69) is 14.8 Å². The van der Waals surface area contributed by atoms with Gasteiger partial charge in [-0.2, -0.15) is 5.10 Å². The summed E-state index contributed by atoms with van der Waals surface area (Å²) in [7, 11) is 3.10. The molecule has 9 heteroatoms. The van der Waals surface area contributed by atoms with Gasteiger partial charge >= 0.3 is 0 Å². The standard InChI is InChI=1S/C23H26N4O4S/c1-23(29,16-6-7-16)17-8-10-19(30-2)20(13-17)32-26-21(28)18-9-5-15(22(25-18)31-3)14-27-12-4-11-24-27/h4-5,8-13,16,29H,6-7,14H2,1-3H3,(H,26,28). The zero-order valence-electron chi connectivity index (χ0n) is 18.2. The van der Waals surface area contributed by atoms with Crippen LogP contribution in [-0.2, 0) is 12.1 Å². The molecule has 4 rings (SSSR count). The van der Waals surface area contributed by atoms with E-state index >= 15 is 0 Å². The van der Waals surface area contributed by atoms with Gasteiger partial charge in [-0.3, -0.25) is 14.2 Å². The van der Waals surface area contributed by atoms with Crippen LogP contribution in [0.15, 0.2) is 53.7 Å². The Bertz CT molecular complexity index is 1100. The van der Waals surface area contributed by atoms with Gasteiger partial charge in [0.2, 0.25) is 5.88 Å². The molecule has 0 saturated heterocycles. The van der Waals surface area contributed by atoms with Crippen LogP contribution in [0.5, 0.6) is 11.6 Å². The van der Waals surface area contributed by atoms with Crippen LogP contribution in [0.1, 0.15) is 41.4 Å². The molecule has 8 nitrogen and oxygen atoms in total. The van der Waals surface area contributed by atoms with Gasteiger partial charge in [0.05, 0.1) is 31.3 Å². The molecule has 2 N–H and O–H groups in total. The highest BCUT2D eigenvalue weighted by Gasteiger charge is 2.41. The third-order valence-corrected chi connectivity index (χ3v) is 6.46. The van der Waals surface area contributed by atoms with Gasteiger partial charge in [-0.1, -0.05) is 6.07 Å². The van der Waals surface area contributed by atoms with E-state index in [9.17, 15) is 9.90 Å². The molecule has 2 heterocycles. The fourth-order valence-electron chi connectivity index (χ4n) is 3.57. The van der Waals surface area contributed by atoms with Crippen LogP contribution >= 0.6 is 11.9 Å². The third-order valence-electron chi connectivity index (χ3n) is 5.63. The number of aliphatic hydroxyl groups is 1. The molecule has 1 saturated carbocycles. The average Bonchev–Trinajstić information content (AvgIpc) is 3.56. The second-order valence-corrected chi connectivity index (χ2v) is 8.74. The Balaban J connectivity index is 1.48. The zero-order chi connectivity index (χ0) is 22.7. The normalized spacial score (nSPS) is 15.1. The zero-order valence-corrected chi connectivity index (χ0v) is 19.1. The number of amides is 1. The highest BCUT2D eigenvalue weighted by atomic mass is 32.2. The fraction of sp³-hybridized carbons (Fsp3) is 0.348. The first-order valence-corrected chi connectivity index (χ1v) is 11.1. The quantitative estimate of drug-likeness (QED) is 0.478. The van der Waals surface area contributed by atoms with Gasteiger partial charge in [0.15, 0.2) is 0 Å². The lowest BCUT2D eigenvalue weighted by molar-refractivity contribution is 0.0328. The number of pyridine rings is 1. The summed E-state index contributed by atoms with van der Waals surface area (Å²) in [5.41, 5.74) is 0.960. The number of methoxy groups -OCH3 is 2. The van der Waals surface area contributed by atoms with Gasteiger partial charge in [-0.15, -0.1) is 0 Å². The summed E-state index contributed by atoms with van der Waals surface area (Å²) < 4.78 is 15.4. The number of rotatable bonds is 9. The van der Waals surface area contributed by atoms with Crippen molar-refractivity contribution in [2.75, 3.05) is 14.2 Å². The van der Waals surface area contributed by atoms with Crippen molar-refractivity contribution in [2.45, 2.75) is 36.8 Å². The van der Waals surface area contributed by atoms with E-state index in [1.165, 1.54) is 7.11 Å². The monoisotopic (exact) mass is 454 g/mol. The molecule has 1 aliphatic carbocycles. The van der Waals surface area contributed by atoms with E-state index in [1.54, 1.807) is 30.1 Å². The van der Waals surface area contributed by atoms with Crippen molar-refractivity contribution in [3.8, 4) is 11.6 Å². The van der Waals surface area contributed by atoms with Crippen molar-refractivity contribution in [1.82, 2.24) is 19.5 Å². The Morgan fingerprint density at radius 3 is 2.75 bits per heavy atom. The summed E-state index contributed by atoms with van der Waals surface area (Å²) in [6.45, 7) is 2.32. The smallest absolute Gasteiger partial charge is 0.280 e. The van der Waals surface area contributed by atoms with Crippen LogP contribution in [0.4, 0.5) is 0 Å². The summed E-state index contributed by atoms with van der Waals surface area (Å²) in [6.07, 6.45) is 5.58. The summed E-state index contributed by atoms with van der Waals surface area (Å²) >= 11 is 1.13. The van der Waals surface area contributed by atoms with E-state index < -0.39 is 5.60 Å². The van der Waals surface area contributed by atoms with E-state index in [-0.39, 0.29) is 17.5 Å². The summed E-state index contributed by atoms with van der Waals surface area (Å²) in [5, 5.41) is 15.1. The first-order chi connectivity index (χ1) is 15.4. The van der Waals surface area contributed by atoms with Crippen LogP contribution in [-0.4, -0.2) is 40.0 Å². The molecule has 0 aliphatic heterocycles. The lowest BCUT2D eigenvalue weighted by Crippen LogP contribution is -2.24. The molecule has 3 aromatic rings. The van der Waals surface area contributed by atoms with Crippen LogP contribution in [0.25, 0.3) is 0 Å². The predicted molar refractivity (Wildman–Crippen MR) is 121 cm³/mol. The van der Waals surface area contributed by atoms with Gasteiger partial charge in [0, 0.05) is 18.0 Å². The number of nitrogens with one attached hydrogen (secondary N) is 1. The van der Waals surface area contributed by atoms with Crippen LogP contribution < -0.4 is 14.2 Å². The van der Waals surface area contributed by atoms with E-state index in [4.69, 9.17) is 9.47 Å². The van der Waals surface area contributed by atoms with Crippen molar-refractivity contribution in [3.05, 3.63) is 65.6 Å². The molecule has 168 valence electrons. The van der Waals surface area contributed by atoms with Crippen LogP contribution in [0, 0.1) is 5.92 Å². The van der Waals surface area contributed by atoms with Gasteiger partial charge < -0.3 is 14.6 Å². The summed E-state index contributed by atoms with van der Waals surface area (Å²) in [4.78, 5) is 17.8. The number of benzene rings is 1. The highest BCUT2D eigenvalue weighted by molar-refractivity contribution is 7.98. The number of nitrogens with zero attached hydrogens (tertiary/aromatic N) is 3. The number of hydrogen-bond acceptors (Lipinski definition) is 7. The molecule has 0 bridgehead atoms. The molecule has 0 radical (unpaired) electrons. The number of aromatic nitrogens is 3. The second-order valence-electron chi connectivity index (χ2n) is 7.89. The molecule has 1 unspecified atom stereocenters. The third kappa shape index (κ3) is 4.73. The molecule has 1 amide bonds. The van der Waals surface area contributed by atoms with Crippen molar-refractivity contribution >= 4 is 17.9 Å². The van der Waals surface area contributed by atoms with Crippen molar-refractivity contribution < 1.29 is 19.4 Å². The van der Waals surface area contributed by atoms with Crippen molar-refractivity contribution in [3.63, 3.8) is 0 Å². The molecule has 1 aromatic carbocycles. The minimum Gasteiger partial charge on any atom is -0.496 e. The average molecular weight is 455 g/mol. The van der Waals surface area contributed by atoms with E-state index in [1.807, 2.05) is 37.4 Å². The maximum Gasteiger partial charge on any atom is 0.280 e. The van der Waals surface area contributed by atoms with Crippen LogP contribution in [0.2, 0.25) is 0 Å². The molecule has 1 atom stereocenters. The Morgan fingerprint density at radius 2 is 2.09 bits per heavy atom.